The summed E-state index contributed by atoms with van der Waals surface area (Å²) in [5.41, 5.74) is 0.451. The summed E-state index contributed by atoms with van der Waals surface area (Å²) in [4.78, 5) is 37.4. The SMILES string of the molecule is CCCCCCc1oc(-c2cccc(Cl)c2)c(C(=O)Nc2cccc([N+](=O)[O-])c2)c(=O)c1CC. The van der Waals surface area contributed by atoms with Crippen molar-refractivity contribution in [2.75, 3.05) is 5.32 Å². The van der Waals surface area contributed by atoms with Crippen molar-refractivity contribution in [1.82, 2.24) is 0 Å². The third-order valence-electron chi connectivity index (χ3n) is 5.53. The van der Waals surface area contributed by atoms with E-state index in [9.17, 15) is 19.7 Å². The number of halogens is 1. The molecule has 0 aliphatic carbocycles. The predicted octanol–water partition coefficient (Wildman–Crippen LogP) is 6.81. The summed E-state index contributed by atoms with van der Waals surface area (Å²) >= 11 is 6.18. The first-order valence-corrected chi connectivity index (χ1v) is 11.7. The molecular weight excluding hydrogens is 456 g/mol. The molecule has 8 heteroatoms. The van der Waals surface area contributed by atoms with Crippen molar-refractivity contribution >= 4 is 28.9 Å². The number of non-ortho nitro benzene ring substituents is 1. The van der Waals surface area contributed by atoms with E-state index in [4.69, 9.17) is 16.0 Å². The predicted molar refractivity (Wildman–Crippen MR) is 134 cm³/mol. The van der Waals surface area contributed by atoms with Gasteiger partial charge in [-0.05, 0) is 31.0 Å². The van der Waals surface area contributed by atoms with Gasteiger partial charge in [-0.3, -0.25) is 19.7 Å². The van der Waals surface area contributed by atoms with Gasteiger partial charge in [0.25, 0.3) is 11.6 Å². The van der Waals surface area contributed by atoms with Gasteiger partial charge in [-0.1, -0.05) is 62.9 Å². The van der Waals surface area contributed by atoms with E-state index in [-0.39, 0.29) is 22.7 Å². The Labute approximate surface area is 202 Å². The standard InChI is InChI=1S/C26H27ClN2O5/c1-3-5-6-7-14-22-21(4-2)24(30)23(25(34-22)17-10-8-11-18(27)15-17)26(31)28-19-12-9-13-20(16-19)29(32)33/h8-13,15-16H,3-7,14H2,1-2H3,(H,28,31). The Kier molecular flexibility index (Phi) is 8.60. The Hall–Kier alpha value is -3.45. The lowest BCUT2D eigenvalue weighted by molar-refractivity contribution is -0.384. The van der Waals surface area contributed by atoms with Crippen LogP contribution in [0.15, 0.2) is 57.7 Å². The number of benzene rings is 2. The number of anilines is 1. The molecule has 2 aromatic carbocycles. The molecule has 0 aliphatic heterocycles. The number of carbonyl (C=O) groups excluding carboxylic acids is 1. The highest BCUT2D eigenvalue weighted by Gasteiger charge is 2.25. The maximum Gasteiger partial charge on any atom is 0.271 e. The van der Waals surface area contributed by atoms with Crippen molar-refractivity contribution < 1.29 is 14.1 Å². The molecule has 34 heavy (non-hydrogen) atoms. The highest BCUT2D eigenvalue weighted by atomic mass is 35.5. The van der Waals surface area contributed by atoms with Crippen LogP contribution >= 0.6 is 11.6 Å². The molecule has 7 nitrogen and oxygen atoms in total. The number of aryl methyl sites for hydroxylation is 1. The van der Waals surface area contributed by atoms with Crippen molar-refractivity contribution in [1.29, 1.82) is 0 Å². The van der Waals surface area contributed by atoms with E-state index >= 15 is 0 Å². The van der Waals surface area contributed by atoms with Crippen molar-refractivity contribution in [2.24, 2.45) is 0 Å². The van der Waals surface area contributed by atoms with E-state index in [1.807, 2.05) is 6.92 Å². The molecule has 0 bridgehead atoms. The first-order valence-electron chi connectivity index (χ1n) is 11.4. The molecule has 1 aromatic heterocycles. The van der Waals surface area contributed by atoms with E-state index in [1.54, 1.807) is 24.3 Å². The summed E-state index contributed by atoms with van der Waals surface area (Å²) in [6, 6.07) is 12.3. The van der Waals surface area contributed by atoms with Gasteiger partial charge >= 0.3 is 0 Å². The first kappa shape index (κ1) is 25.2. The van der Waals surface area contributed by atoms with Crippen LogP contribution in [-0.4, -0.2) is 10.8 Å². The number of nitro benzene ring substituents is 1. The lowest BCUT2D eigenvalue weighted by atomic mass is 9.99. The minimum Gasteiger partial charge on any atom is -0.460 e. The fourth-order valence-corrected chi connectivity index (χ4v) is 4.01. The van der Waals surface area contributed by atoms with Crippen LogP contribution in [0.5, 0.6) is 0 Å². The number of amides is 1. The van der Waals surface area contributed by atoms with Gasteiger partial charge in [0.15, 0.2) is 5.76 Å². The number of nitro groups is 1. The summed E-state index contributed by atoms with van der Waals surface area (Å²) < 4.78 is 6.23. The fourth-order valence-electron chi connectivity index (χ4n) is 3.82. The molecule has 0 atom stereocenters. The van der Waals surface area contributed by atoms with Gasteiger partial charge in [-0.15, -0.1) is 0 Å². The van der Waals surface area contributed by atoms with Crippen molar-refractivity contribution in [3.8, 4) is 11.3 Å². The number of hydrogen-bond donors (Lipinski definition) is 1. The molecule has 1 amide bonds. The van der Waals surface area contributed by atoms with E-state index in [1.165, 1.54) is 24.3 Å². The molecule has 0 unspecified atom stereocenters. The average molecular weight is 483 g/mol. The van der Waals surface area contributed by atoms with Crippen LogP contribution in [0.2, 0.25) is 5.02 Å². The maximum absolute atomic E-state index is 13.5. The number of hydrogen-bond acceptors (Lipinski definition) is 5. The van der Waals surface area contributed by atoms with Gasteiger partial charge in [0.1, 0.15) is 11.3 Å². The lowest BCUT2D eigenvalue weighted by Crippen LogP contribution is -2.26. The summed E-state index contributed by atoms with van der Waals surface area (Å²) in [6.45, 7) is 3.98. The number of rotatable bonds is 10. The van der Waals surface area contributed by atoms with Crippen LogP contribution in [0, 0.1) is 10.1 Å². The van der Waals surface area contributed by atoms with E-state index in [0.717, 1.165) is 25.7 Å². The molecule has 3 aromatic rings. The molecule has 0 aliphatic rings. The molecule has 0 fully saturated rings. The zero-order valence-corrected chi connectivity index (χ0v) is 20.0. The third kappa shape index (κ3) is 5.91. The van der Waals surface area contributed by atoms with Gasteiger partial charge in [0.2, 0.25) is 5.43 Å². The second-order valence-corrected chi connectivity index (χ2v) is 8.41. The van der Waals surface area contributed by atoms with E-state index in [2.05, 4.69) is 12.2 Å². The molecular formula is C26H27ClN2O5. The Morgan fingerprint density at radius 3 is 2.53 bits per heavy atom. The molecule has 3 rings (SSSR count). The molecule has 0 spiro atoms. The summed E-state index contributed by atoms with van der Waals surface area (Å²) in [5, 5.41) is 14.2. The van der Waals surface area contributed by atoms with Gasteiger partial charge in [0.05, 0.1) is 4.92 Å². The molecule has 178 valence electrons. The van der Waals surface area contributed by atoms with E-state index < -0.39 is 16.3 Å². The lowest BCUT2D eigenvalue weighted by Gasteiger charge is -2.15. The first-order chi connectivity index (χ1) is 16.3. The van der Waals surface area contributed by atoms with Crippen LogP contribution in [0.4, 0.5) is 11.4 Å². The smallest absolute Gasteiger partial charge is 0.271 e. The van der Waals surface area contributed by atoms with E-state index in [0.29, 0.717) is 34.8 Å². The normalized spacial score (nSPS) is 10.8. The van der Waals surface area contributed by atoms with Gasteiger partial charge in [0, 0.05) is 40.4 Å². The quantitative estimate of drug-likeness (QED) is 0.194. The highest BCUT2D eigenvalue weighted by molar-refractivity contribution is 6.30. The molecule has 0 radical (unpaired) electrons. The average Bonchev–Trinajstić information content (AvgIpc) is 2.81. The maximum atomic E-state index is 13.5. The second kappa shape index (κ2) is 11.6. The summed E-state index contributed by atoms with van der Waals surface area (Å²) in [7, 11) is 0. The van der Waals surface area contributed by atoms with Crippen molar-refractivity contribution in [3.63, 3.8) is 0 Å². The summed E-state index contributed by atoms with van der Waals surface area (Å²) in [5.74, 6) is 0.0139. The Bertz CT molecular complexity index is 1250. The minimum atomic E-state index is -0.698. The Morgan fingerprint density at radius 1 is 1.09 bits per heavy atom. The second-order valence-electron chi connectivity index (χ2n) is 7.97. The van der Waals surface area contributed by atoms with Gasteiger partial charge in [-0.25, -0.2) is 0 Å². The molecule has 0 saturated carbocycles. The van der Waals surface area contributed by atoms with Crippen molar-refractivity contribution in [3.05, 3.63) is 90.8 Å². The zero-order chi connectivity index (χ0) is 24.7. The summed E-state index contributed by atoms with van der Waals surface area (Å²) in [6.07, 6.45) is 5.09. The molecule has 1 heterocycles. The zero-order valence-electron chi connectivity index (χ0n) is 19.2. The Morgan fingerprint density at radius 2 is 1.85 bits per heavy atom. The largest absolute Gasteiger partial charge is 0.460 e. The fraction of sp³-hybridized carbons (Fsp3) is 0.308. The van der Waals surface area contributed by atoms with Crippen LogP contribution in [0.25, 0.3) is 11.3 Å². The Balaban J connectivity index is 2.10. The van der Waals surface area contributed by atoms with Crippen LogP contribution in [0.3, 0.4) is 0 Å². The van der Waals surface area contributed by atoms with Crippen LogP contribution < -0.4 is 10.7 Å². The number of carbonyl (C=O) groups is 1. The molecule has 1 N–H and O–H groups in total. The topological polar surface area (TPSA) is 102 Å². The number of nitrogens with one attached hydrogen (secondary N) is 1. The molecule has 0 saturated heterocycles. The monoisotopic (exact) mass is 482 g/mol. The number of unbranched alkanes of at least 4 members (excludes halogenated alkanes) is 3. The number of nitrogens with zero attached hydrogens (tertiary/aromatic N) is 1. The van der Waals surface area contributed by atoms with Crippen LogP contribution in [0.1, 0.15) is 61.2 Å². The van der Waals surface area contributed by atoms with Crippen molar-refractivity contribution in [2.45, 2.75) is 52.4 Å². The highest BCUT2D eigenvalue weighted by Crippen LogP contribution is 2.29. The third-order valence-corrected chi connectivity index (χ3v) is 5.76. The van der Waals surface area contributed by atoms with Gasteiger partial charge in [-0.2, -0.15) is 0 Å². The van der Waals surface area contributed by atoms with Crippen LogP contribution in [-0.2, 0) is 12.8 Å². The van der Waals surface area contributed by atoms with Gasteiger partial charge < -0.3 is 9.73 Å². The minimum absolute atomic E-state index is 0.137.